The maximum absolute atomic E-state index is 12.1. The summed E-state index contributed by atoms with van der Waals surface area (Å²) in [5, 5.41) is 12.1. The second-order valence-corrected chi connectivity index (χ2v) is 6.58. The lowest BCUT2D eigenvalue weighted by molar-refractivity contribution is 0.252. The maximum atomic E-state index is 12.1. The molecular formula is C21H25N7O. The van der Waals surface area contributed by atoms with Gasteiger partial charge in [0.2, 0.25) is 0 Å². The van der Waals surface area contributed by atoms with Gasteiger partial charge >= 0.3 is 6.03 Å². The standard InChI is InChI=1S/C21H25N7O/c1-14-7-6-8-17(15(14)2)27-21(29)24-12-11-23-19-13-20(26-16(3)25-19)28-18-9-4-5-10-22-18/h4-10,13H,11-12H2,1-3H3,(H2,24,27,29)(H2,22,23,25,26,28). The Balaban J connectivity index is 1.49. The van der Waals surface area contributed by atoms with E-state index in [4.69, 9.17) is 0 Å². The Bertz CT molecular complexity index is 976. The molecule has 0 radical (unpaired) electrons. The van der Waals surface area contributed by atoms with Crippen LogP contribution in [0, 0.1) is 20.8 Å². The predicted molar refractivity (Wildman–Crippen MR) is 116 cm³/mol. The number of hydrogen-bond acceptors (Lipinski definition) is 6. The average Bonchev–Trinajstić information content (AvgIpc) is 2.69. The monoisotopic (exact) mass is 391 g/mol. The van der Waals surface area contributed by atoms with Crippen molar-refractivity contribution < 1.29 is 4.79 Å². The van der Waals surface area contributed by atoms with Gasteiger partial charge in [-0.2, -0.15) is 0 Å². The number of hydrogen-bond donors (Lipinski definition) is 4. The summed E-state index contributed by atoms with van der Waals surface area (Å²) in [5.74, 6) is 2.67. The first-order chi connectivity index (χ1) is 14.0. The van der Waals surface area contributed by atoms with Gasteiger partial charge in [-0.1, -0.05) is 18.2 Å². The minimum Gasteiger partial charge on any atom is -0.368 e. The Morgan fingerprint density at radius 1 is 0.931 bits per heavy atom. The van der Waals surface area contributed by atoms with Crippen molar-refractivity contribution in [3.8, 4) is 0 Å². The van der Waals surface area contributed by atoms with Crippen LogP contribution in [-0.4, -0.2) is 34.1 Å². The van der Waals surface area contributed by atoms with Crippen LogP contribution in [-0.2, 0) is 0 Å². The van der Waals surface area contributed by atoms with Crippen LogP contribution >= 0.6 is 0 Å². The van der Waals surface area contributed by atoms with Crippen LogP contribution in [0.3, 0.4) is 0 Å². The molecule has 0 saturated carbocycles. The fourth-order valence-corrected chi connectivity index (χ4v) is 2.71. The number of aryl methyl sites for hydroxylation is 2. The van der Waals surface area contributed by atoms with Gasteiger partial charge in [0.25, 0.3) is 0 Å². The SMILES string of the molecule is Cc1nc(NCCNC(=O)Nc2cccc(C)c2C)cc(Nc2ccccn2)n1. The molecule has 3 aromatic rings. The fraction of sp³-hybridized carbons (Fsp3) is 0.238. The van der Waals surface area contributed by atoms with Crippen LogP contribution in [0.4, 0.5) is 27.9 Å². The number of rotatable bonds is 7. The van der Waals surface area contributed by atoms with Crippen molar-refractivity contribution in [2.24, 2.45) is 0 Å². The van der Waals surface area contributed by atoms with E-state index in [1.54, 1.807) is 12.3 Å². The number of amides is 2. The van der Waals surface area contributed by atoms with E-state index in [-0.39, 0.29) is 6.03 Å². The molecule has 1 aromatic carbocycles. The number of nitrogens with one attached hydrogen (secondary N) is 4. The highest BCUT2D eigenvalue weighted by molar-refractivity contribution is 5.90. The minimum absolute atomic E-state index is 0.239. The van der Waals surface area contributed by atoms with Crippen LogP contribution in [0.25, 0.3) is 0 Å². The molecule has 0 saturated heterocycles. The van der Waals surface area contributed by atoms with Crippen LogP contribution in [0.15, 0.2) is 48.7 Å². The highest BCUT2D eigenvalue weighted by Crippen LogP contribution is 2.18. The number of carbonyl (C=O) groups is 1. The number of pyridine rings is 1. The molecule has 8 heteroatoms. The second kappa shape index (κ2) is 9.50. The van der Waals surface area contributed by atoms with E-state index in [9.17, 15) is 4.79 Å². The highest BCUT2D eigenvalue weighted by atomic mass is 16.2. The van der Waals surface area contributed by atoms with Crippen molar-refractivity contribution in [3.63, 3.8) is 0 Å². The quantitative estimate of drug-likeness (QED) is 0.457. The molecule has 2 heterocycles. The first-order valence-corrected chi connectivity index (χ1v) is 9.40. The lowest BCUT2D eigenvalue weighted by Crippen LogP contribution is -2.33. The van der Waals surface area contributed by atoms with E-state index in [0.717, 1.165) is 16.8 Å². The van der Waals surface area contributed by atoms with Crippen molar-refractivity contribution in [3.05, 3.63) is 65.6 Å². The van der Waals surface area contributed by atoms with E-state index in [0.29, 0.717) is 36.4 Å². The molecule has 0 atom stereocenters. The number of nitrogens with zero attached hydrogens (tertiary/aromatic N) is 3. The van der Waals surface area contributed by atoms with Crippen LogP contribution < -0.4 is 21.3 Å². The molecule has 0 bridgehead atoms. The molecule has 29 heavy (non-hydrogen) atoms. The van der Waals surface area contributed by atoms with Crippen molar-refractivity contribution in [2.75, 3.05) is 29.0 Å². The van der Waals surface area contributed by atoms with Crippen molar-refractivity contribution >= 4 is 29.2 Å². The van der Waals surface area contributed by atoms with Gasteiger partial charge in [0.15, 0.2) is 0 Å². The van der Waals surface area contributed by atoms with Crippen LogP contribution in [0.2, 0.25) is 0 Å². The van der Waals surface area contributed by atoms with Crippen molar-refractivity contribution in [2.45, 2.75) is 20.8 Å². The molecule has 8 nitrogen and oxygen atoms in total. The van der Waals surface area contributed by atoms with Gasteiger partial charge in [0, 0.05) is 31.0 Å². The Labute approximate surface area is 170 Å². The first-order valence-electron chi connectivity index (χ1n) is 9.40. The van der Waals surface area contributed by atoms with E-state index in [1.165, 1.54) is 0 Å². The van der Waals surface area contributed by atoms with Gasteiger partial charge in [-0.25, -0.2) is 19.7 Å². The van der Waals surface area contributed by atoms with Gasteiger partial charge in [0.05, 0.1) is 0 Å². The van der Waals surface area contributed by atoms with Gasteiger partial charge in [-0.15, -0.1) is 0 Å². The Hall–Kier alpha value is -3.68. The number of anilines is 4. The summed E-state index contributed by atoms with van der Waals surface area (Å²) in [6, 6.07) is 13.0. The molecule has 0 aliphatic rings. The molecule has 0 aliphatic heterocycles. The van der Waals surface area contributed by atoms with E-state index < -0.39 is 0 Å². The van der Waals surface area contributed by atoms with Gasteiger partial charge < -0.3 is 21.3 Å². The fourth-order valence-electron chi connectivity index (χ4n) is 2.71. The summed E-state index contributed by atoms with van der Waals surface area (Å²) in [5.41, 5.74) is 3.01. The van der Waals surface area contributed by atoms with Gasteiger partial charge in [0.1, 0.15) is 23.3 Å². The zero-order chi connectivity index (χ0) is 20.6. The van der Waals surface area contributed by atoms with E-state index in [2.05, 4.69) is 36.2 Å². The Kier molecular flexibility index (Phi) is 6.57. The smallest absolute Gasteiger partial charge is 0.319 e. The third-order valence-electron chi connectivity index (χ3n) is 4.33. The first kappa shape index (κ1) is 20.1. The molecule has 4 N–H and O–H groups in total. The van der Waals surface area contributed by atoms with Crippen molar-refractivity contribution in [1.82, 2.24) is 20.3 Å². The molecule has 150 valence electrons. The molecule has 3 rings (SSSR count). The molecule has 2 amide bonds. The second-order valence-electron chi connectivity index (χ2n) is 6.58. The van der Waals surface area contributed by atoms with Crippen LogP contribution in [0.1, 0.15) is 17.0 Å². The number of urea groups is 1. The largest absolute Gasteiger partial charge is 0.368 e. The van der Waals surface area contributed by atoms with E-state index >= 15 is 0 Å². The van der Waals surface area contributed by atoms with Crippen LogP contribution in [0.5, 0.6) is 0 Å². The lowest BCUT2D eigenvalue weighted by Gasteiger charge is -2.12. The third-order valence-corrected chi connectivity index (χ3v) is 4.33. The zero-order valence-corrected chi connectivity index (χ0v) is 16.8. The minimum atomic E-state index is -0.239. The summed E-state index contributed by atoms with van der Waals surface area (Å²) in [7, 11) is 0. The molecule has 0 fully saturated rings. The summed E-state index contributed by atoms with van der Waals surface area (Å²) in [6.45, 7) is 6.80. The van der Waals surface area contributed by atoms with Gasteiger partial charge in [-0.3, -0.25) is 0 Å². The summed E-state index contributed by atoms with van der Waals surface area (Å²) in [6.07, 6.45) is 1.71. The summed E-state index contributed by atoms with van der Waals surface area (Å²) >= 11 is 0. The van der Waals surface area contributed by atoms with E-state index in [1.807, 2.05) is 57.2 Å². The topological polar surface area (TPSA) is 104 Å². The highest BCUT2D eigenvalue weighted by Gasteiger charge is 2.06. The molecule has 2 aromatic heterocycles. The summed E-state index contributed by atoms with van der Waals surface area (Å²) in [4.78, 5) is 25.1. The van der Waals surface area contributed by atoms with Gasteiger partial charge in [-0.05, 0) is 50.1 Å². The summed E-state index contributed by atoms with van der Waals surface area (Å²) < 4.78 is 0. The predicted octanol–water partition coefficient (Wildman–Crippen LogP) is 3.77. The number of carbonyl (C=O) groups excluding carboxylic acids is 1. The molecular weight excluding hydrogens is 366 g/mol. The maximum Gasteiger partial charge on any atom is 0.319 e. The Morgan fingerprint density at radius 2 is 1.76 bits per heavy atom. The average molecular weight is 391 g/mol. The number of aromatic nitrogens is 3. The molecule has 0 unspecified atom stereocenters. The molecule has 0 spiro atoms. The lowest BCUT2D eigenvalue weighted by atomic mass is 10.1. The molecule has 0 aliphatic carbocycles. The Morgan fingerprint density at radius 3 is 2.55 bits per heavy atom. The number of benzene rings is 1. The normalized spacial score (nSPS) is 10.3. The zero-order valence-electron chi connectivity index (χ0n) is 16.8. The third kappa shape index (κ3) is 5.90. The van der Waals surface area contributed by atoms with Crippen molar-refractivity contribution in [1.29, 1.82) is 0 Å².